The molecule has 0 amide bonds. The molecule has 3 aromatic rings. The molecule has 0 unspecified atom stereocenters. The number of ether oxygens (including phenoxy) is 2. The number of hydrogen-bond acceptors (Lipinski definition) is 5. The predicted octanol–water partition coefficient (Wildman–Crippen LogP) is 3.91. The van der Waals surface area contributed by atoms with Gasteiger partial charge in [-0.3, -0.25) is 0 Å². The van der Waals surface area contributed by atoms with Crippen LogP contribution in [0, 0.1) is 0 Å². The van der Waals surface area contributed by atoms with Crippen molar-refractivity contribution in [3.8, 4) is 11.5 Å². The average molecular weight is 461 g/mol. The zero-order chi connectivity index (χ0) is 22.3. The molecule has 3 aromatic carbocycles. The standard InChI is InChI=1S/C23H25ClN2O4S/c1-29-23-14-18(7-10-22(23)30-16-19-3-2-4-20(24)13-19)15-26-12-11-17-5-8-21(9-6-17)31(25,27)28/h2-10,13-14,26H,11-12,15-16H2,1H3,(H2,25,27,28). The zero-order valence-electron chi connectivity index (χ0n) is 17.2. The highest BCUT2D eigenvalue weighted by atomic mass is 35.5. The maximum atomic E-state index is 11.3. The SMILES string of the molecule is COc1cc(CNCCc2ccc(S(N)(=O)=O)cc2)ccc1OCc1cccc(Cl)c1. The van der Waals surface area contributed by atoms with Crippen molar-refractivity contribution in [1.82, 2.24) is 5.32 Å². The van der Waals surface area contributed by atoms with Crippen molar-refractivity contribution in [3.05, 3.63) is 88.4 Å². The summed E-state index contributed by atoms with van der Waals surface area (Å²) in [5.74, 6) is 1.33. The van der Waals surface area contributed by atoms with E-state index in [1.54, 1.807) is 19.2 Å². The van der Waals surface area contributed by atoms with Gasteiger partial charge in [0.25, 0.3) is 0 Å². The fraction of sp³-hybridized carbons (Fsp3) is 0.217. The lowest BCUT2D eigenvalue weighted by Gasteiger charge is -2.13. The monoisotopic (exact) mass is 460 g/mol. The minimum Gasteiger partial charge on any atom is -0.493 e. The van der Waals surface area contributed by atoms with Crippen molar-refractivity contribution >= 4 is 21.6 Å². The second kappa shape index (κ2) is 10.6. The number of nitrogens with one attached hydrogen (secondary N) is 1. The zero-order valence-corrected chi connectivity index (χ0v) is 18.7. The molecule has 0 aromatic heterocycles. The number of nitrogens with two attached hydrogens (primary N) is 1. The summed E-state index contributed by atoms with van der Waals surface area (Å²) in [7, 11) is -2.04. The molecule has 0 fully saturated rings. The van der Waals surface area contributed by atoms with Crippen LogP contribution in [0.4, 0.5) is 0 Å². The normalized spacial score (nSPS) is 11.3. The van der Waals surface area contributed by atoms with Gasteiger partial charge in [-0.1, -0.05) is 41.9 Å². The lowest BCUT2D eigenvalue weighted by atomic mass is 10.1. The predicted molar refractivity (Wildman–Crippen MR) is 122 cm³/mol. The average Bonchev–Trinajstić information content (AvgIpc) is 2.75. The van der Waals surface area contributed by atoms with Gasteiger partial charge in [0.2, 0.25) is 10.0 Å². The number of halogens is 1. The molecule has 0 aliphatic carbocycles. The van der Waals surface area contributed by atoms with Gasteiger partial charge in [-0.15, -0.1) is 0 Å². The van der Waals surface area contributed by atoms with Crippen LogP contribution >= 0.6 is 11.6 Å². The van der Waals surface area contributed by atoms with E-state index in [0.717, 1.165) is 29.7 Å². The summed E-state index contributed by atoms with van der Waals surface area (Å²) >= 11 is 6.01. The molecular formula is C23H25ClN2O4S. The van der Waals surface area contributed by atoms with Crippen LogP contribution < -0.4 is 19.9 Å². The third-order valence-electron chi connectivity index (χ3n) is 4.68. The van der Waals surface area contributed by atoms with Crippen molar-refractivity contribution in [2.24, 2.45) is 5.14 Å². The van der Waals surface area contributed by atoms with Crippen molar-refractivity contribution in [3.63, 3.8) is 0 Å². The molecule has 0 heterocycles. The summed E-state index contributed by atoms with van der Waals surface area (Å²) < 4.78 is 34.0. The highest BCUT2D eigenvalue weighted by molar-refractivity contribution is 7.89. The van der Waals surface area contributed by atoms with Crippen LogP contribution in [0.2, 0.25) is 5.02 Å². The van der Waals surface area contributed by atoms with Gasteiger partial charge >= 0.3 is 0 Å². The summed E-state index contributed by atoms with van der Waals surface area (Å²) in [6.45, 7) is 1.81. The number of benzene rings is 3. The first-order valence-electron chi connectivity index (χ1n) is 9.72. The summed E-state index contributed by atoms with van der Waals surface area (Å²) in [6, 6.07) is 20.0. The van der Waals surface area contributed by atoms with E-state index in [-0.39, 0.29) is 4.90 Å². The van der Waals surface area contributed by atoms with E-state index >= 15 is 0 Å². The lowest BCUT2D eigenvalue weighted by Crippen LogP contribution is -2.17. The van der Waals surface area contributed by atoms with Crippen molar-refractivity contribution in [2.75, 3.05) is 13.7 Å². The topological polar surface area (TPSA) is 90.6 Å². The number of primary sulfonamides is 1. The summed E-state index contributed by atoms with van der Waals surface area (Å²) in [5, 5.41) is 9.17. The first-order valence-corrected chi connectivity index (χ1v) is 11.6. The Morgan fingerprint density at radius 1 is 0.935 bits per heavy atom. The quantitative estimate of drug-likeness (QED) is 0.448. The largest absolute Gasteiger partial charge is 0.493 e. The Balaban J connectivity index is 1.50. The van der Waals surface area contributed by atoms with Crippen molar-refractivity contribution in [1.29, 1.82) is 0 Å². The molecule has 0 aliphatic heterocycles. The molecule has 31 heavy (non-hydrogen) atoms. The third-order valence-corrected chi connectivity index (χ3v) is 5.85. The Morgan fingerprint density at radius 2 is 1.68 bits per heavy atom. The van der Waals surface area contributed by atoms with Gasteiger partial charge in [0.05, 0.1) is 12.0 Å². The van der Waals surface area contributed by atoms with E-state index in [0.29, 0.717) is 29.7 Å². The maximum Gasteiger partial charge on any atom is 0.238 e. The van der Waals surface area contributed by atoms with E-state index in [9.17, 15) is 8.42 Å². The summed E-state index contributed by atoms with van der Waals surface area (Å²) in [5.41, 5.74) is 3.08. The van der Waals surface area contributed by atoms with Gasteiger partial charge < -0.3 is 14.8 Å². The van der Waals surface area contributed by atoms with Gasteiger partial charge in [-0.05, 0) is 66.1 Å². The van der Waals surface area contributed by atoms with Crippen LogP contribution in [0.5, 0.6) is 11.5 Å². The Hall–Kier alpha value is -2.58. The van der Waals surface area contributed by atoms with Crippen molar-refractivity contribution < 1.29 is 17.9 Å². The molecule has 0 saturated carbocycles. The number of sulfonamides is 1. The van der Waals surface area contributed by atoms with E-state index < -0.39 is 10.0 Å². The molecular weight excluding hydrogens is 436 g/mol. The molecule has 164 valence electrons. The smallest absolute Gasteiger partial charge is 0.238 e. The minimum absolute atomic E-state index is 0.119. The van der Waals surface area contributed by atoms with Crippen LogP contribution in [0.25, 0.3) is 0 Å². The summed E-state index contributed by atoms with van der Waals surface area (Å²) in [4.78, 5) is 0.119. The minimum atomic E-state index is -3.66. The molecule has 3 N–H and O–H groups in total. The van der Waals surface area contributed by atoms with Gasteiger partial charge in [0, 0.05) is 11.6 Å². The Kier molecular flexibility index (Phi) is 7.92. The summed E-state index contributed by atoms with van der Waals surface area (Å²) in [6.07, 6.45) is 0.767. The highest BCUT2D eigenvalue weighted by Crippen LogP contribution is 2.29. The molecule has 0 spiro atoms. The molecule has 0 saturated heterocycles. The van der Waals surface area contributed by atoms with E-state index in [4.69, 9.17) is 26.2 Å². The Bertz CT molecular complexity index is 1120. The van der Waals surface area contributed by atoms with Crippen LogP contribution in [0.15, 0.2) is 71.6 Å². The Labute approximate surface area is 188 Å². The van der Waals surface area contributed by atoms with Gasteiger partial charge in [-0.25, -0.2) is 13.6 Å². The lowest BCUT2D eigenvalue weighted by molar-refractivity contribution is 0.284. The first kappa shape index (κ1) is 23.1. The third kappa shape index (κ3) is 6.97. The second-order valence-corrected chi connectivity index (χ2v) is 9.02. The fourth-order valence-electron chi connectivity index (χ4n) is 3.04. The van der Waals surface area contributed by atoms with E-state index in [1.165, 1.54) is 12.1 Å². The van der Waals surface area contributed by atoms with Crippen LogP contribution in [-0.4, -0.2) is 22.1 Å². The molecule has 0 atom stereocenters. The first-order chi connectivity index (χ1) is 14.8. The van der Waals surface area contributed by atoms with E-state index in [1.807, 2.05) is 42.5 Å². The maximum absolute atomic E-state index is 11.3. The number of methoxy groups -OCH3 is 1. The Morgan fingerprint density at radius 3 is 2.35 bits per heavy atom. The molecule has 6 nitrogen and oxygen atoms in total. The van der Waals surface area contributed by atoms with Crippen molar-refractivity contribution in [2.45, 2.75) is 24.5 Å². The van der Waals surface area contributed by atoms with Crippen LogP contribution in [0.3, 0.4) is 0 Å². The van der Waals surface area contributed by atoms with Gasteiger partial charge in [-0.2, -0.15) is 0 Å². The molecule has 0 radical (unpaired) electrons. The van der Waals surface area contributed by atoms with Crippen LogP contribution in [-0.2, 0) is 29.6 Å². The van der Waals surface area contributed by atoms with Crippen LogP contribution in [0.1, 0.15) is 16.7 Å². The molecule has 0 aliphatic rings. The molecule has 8 heteroatoms. The second-order valence-electron chi connectivity index (χ2n) is 7.02. The van der Waals surface area contributed by atoms with Gasteiger partial charge in [0.1, 0.15) is 6.61 Å². The van der Waals surface area contributed by atoms with E-state index in [2.05, 4.69) is 5.32 Å². The molecule has 3 rings (SSSR count). The fourth-order valence-corrected chi connectivity index (χ4v) is 3.77. The number of rotatable bonds is 10. The van der Waals surface area contributed by atoms with Gasteiger partial charge in [0.15, 0.2) is 11.5 Å². The molecule has 0 bridgehead atoms. The number of hydrogen-bond donors (Lipinski definition) is 2. The highest BCUT2D eigenvalue weighted by Gasteiger charge is 2.08.